The molecule has 13 heavy (non-hydrogen) atoms. The molecule has 2 unspecified atom stereocenters. The minimum atomic E-state index is 0.714. The van der Waals surface area contributed by atoms with Gasteiger partial charge < -0.3 is 0 Å². The van der Waals surface area contributed by atoms with Gasteiger partial charge in [0, 0.05) is 18.1 Å². The van der Waals surface area contributed by atoms with Crippen LogP contribution in [0.5, 0.6) is 0 Å². The third kappa shape index (κ3) is 2.13. The van der Waals surface area contributed by atoms with Gasteiger partial charge in [-0.3, -0.25) is 4.68 Å². The van der Waals surface area contributed by atoms with Crippen molar-refractivity contribution >= 4 is 15.9 Å². The summed E-state index contributed by atoms with van der Waals surface area (Å²) in [5.41, 5.74) is 1.41. The Bertz CT molecular complexity index is 282. The second-order valence-corrected chi connectivity index (χ2v) is 5.20. The second-order valence-electron chi connectivity index (χ2n) is 3.91. The van der Waals surface area contributed by atoms with E-state index >= 15 is 0 Å². The molecule has 0 radical (unpaired) electrons. The number of alkyl halides is 1. The Kier molecular flexibility index (Phi) is 2.72. The van der Waals surface area contributed by atoms with E-state index in [0.29, 0.717) is 4.83 Å². The van der Waals surface area contributed by atoms with E-state index in [0.717, 1.165) is 5.92 Å². The van der Waals surface area contributed by atoms with Crippen LogP contribution in [0.4, 0.5) is 0 Å². The molecule has 1 fully saturated rings. The van der Waals surface area contributed by atoms with Gasteiger partial charge in [-0.1, -0.05) is 22.4 Å². The van der Waals surface area contributed by atoms with Gasteiger partial charge in [0.05, 0.1) is 6.20 Å². The zero-order chi connectivity index (χ0) is 9.26. The summed E-state index contributed by atoms with van der Waals surface area (Å²) >= 11 is 3.71. The zero-order valence-electron chi connectivity index (χ0n) is 7.91. The lowest BCUT2D eigenvalue weighted by Crippen LogP contribution is -2.13. The fourth-order valence-electron chi connectivity index (χ4n) is 2.08. The first-order valence-electron chi connectivity index (χ1n) is 4.88. The summed E-state index contributed by atoms with van der Waals surface area (Å²) in [7, 11) is 1.98. The lowest BCUT2D eigenvalue weighted by Gasteiger charge is -2.24. The Labute approximate surface area is 87.5 Å². The first-order chi connectivity index (χ1) is 6.25. The molecule has 0 saturated heterocycles. The van der Waals surface area contributed by atoms with Crippen molar-refractivity contribution in [2.24, 2.45) is 7.05 Å². The van der Waals surface area contributed by atoms with E-state index in [1.54, 1.807) is 0 Å². The predicted molar refractivity (Wildman–Crippen MR) is 57.1 cm³/mol. The highest BCUT2D eigenvalue weighted by Crippen LogP contribution is 2.35. The monoisotopic (exact) mass is 242 g/mol. The van der Waals surface area contributed by atoms with Crippen molar-refractivity contribution in [1.29, 1.82) is 0 Å². The normalized spacial score (nSPS) is 29.1. The molecule has 0 amide bonds. The smallest absolute Gasteiger partial charge is 0.0524 e. The van der Waals surface area contributed by atoms with Gasteiger partial charge in [-0.25, -0.2) is 0 Å². The number of hydrogen-bond acceptors (Lipinski definition) is 1. The topological polar surface area (TPSA) is 17.8 Å². The van der Waals surface area contributed by atoms with Crippen molar-refractivity contribution < 1.29 is 0 Å². The summed E-state index contributed by atoms with van der Waals surface area (Å²) in [6, 6.07) is 0. The third-order valence-electron chi connectivity index (χ3n) is 2.81. The largest absolute Gasteiger partial charge is 0.276 e. The molecule has 2 rings (SSSR count). The maximum Gasteiger partial charge on any atom is 0.0524 e. The molecule has 0 bridgehead atoms. The Hall–Kier alpha value is -0.310. The van der Waals surface area contributed by atoms with Crippen molar-refractivity contribution in [3.05, 3.63) is 18.0 Å². The minimum absolute atomic E-state index is 0.714. The van der Waals surface area contributed by atoms with Crippen LogP contribution >= 0.6 is 15.9 Å². The summed E-state index contributed by atoms with van der Waals surface area (Å²) in [6.45, 7) is 0. The Morgan fingerprint density at radius 3 is 3.00 bits per heavy atom. The van der Waals surface area contributed by atoms with Gasteiger partial charge in [0.2, 0.25) is 0 Å². The van der Waals surface area contributed by atoms with Gasteiger partial charge in [0.15, 0.2) is 0 Å². The molecule has 0 N–H and O–H groups in total. The Morgan fingerprint density at radius 2 is 2.38 bits per heavy atom. The standard InChI is InChI=1S/C10H15BrN2/c1-13-7-9(6-12-13)8-3-2-4-10(11)5-8/h6-8,10H,2-5H2,1H3. The molecule has 1 aromatic heterocycles. The molecule has 1 aliphatic rings. The molecule has 1 aromatic rings. The van der Waals surface area contributed by atoms with E-state index in [4.69, 9.17) is 0 Å². The first-order valence-corrected chi connectivity index (χ1v) is 5.80. The molecule has 1 heterocycles. The van der Waals surface area contributed by atoms with Gasteiger partial charge in [0.1, 0.15) is 0 Å². The number of hydrogen-bond donors (Lipinski definition) is 0. The quantitative estimate of drug-likeness (QED) is 0.693. The fourth-order valence-corrected chi connectivity index (χ4v) is 2.86. The molecule has 0 spiro atoms. The van der Waals surface area contributed by atoms with Gasteiger partial charge in [-0.15, -0.1) is 0 Å². The van der Waals surface area contributed by atoms with E-state index in [9.17, 15) is 0 Å². The molecule has 1 aliphatic carbocycles. The van der Waals surface area contributed by atoms with Crippen LogP contribution in [-0.2, 0) is 7.05 Å². The van der Waals surface area contributed by atoms with Gasteiger partial charge in [-0.2, -0.15) is 5.10 Å². The molecule has 72 valence electrons. The van der Waals surface area contributed by atoms with Gasteiger partial charge in [0.25, 0.3) is 0 Å². The Balaban J connectivity index is 2.08. The first kappa shape index (κ1) is 9.25. The zero-order valence-corrected chi connectivity index (χ0v) is 9.50. The van der Waals surface area contributed by atoms with Crippen molar-refractivity contribution in [2.75, 3.05) is 0 Å². The van der Waals surface area contributed by atoms with Gasteiger partial charge in [-0.05, 0) is 30.7 Å². The number of rotatable bonds is 1. The average molecular weight is 243 g/mol. The molecular formula is C10H15BrN2. The lowest BCUT2D eigenvalue weighted by atomic mass is 9.85. The van der Waals surface area contributed by atoms with Crippen LogP contribution in [0.25, 0.3) is 0 Å². The van der Waals surface area contributed by atoms with Crippen LogP contribution < -0.4 is 0 Å². The highest BCUT2D eigenvalue weighted by molar-refractivity contribution is 9.09. The van der Waals surface area contributed by atoms with E-state index in [1.807, 2.05) is 17.9 Å². The maximum absolute atomic E-state index is 4.22. The second kappa shape index (κ2) is 3.82. The van der Waals surface area contributed by atoms with Crippen LogP contribution in [0.1, 0.15) is 37.2 Å². The SMILES string of the molecule is Cn1cc(C2CCCC(Br)C2)cn1. The molecule has 1 saturated carbocycles. The highest BCUT2D eigenvalue weighted by atomic mass is 79.9. The van der Waals surface area contributed by atoms with Crippen LogP contribution in [0, 0.1) is 0 Å². The van der Waals surface area contributed by atoms with Crippen molar-refractivity contribution in [3.63, 3.8) is 0 Å². The molecule has 2 nitrogen and oxygen atoms in total. The maximum atomic E-state index is 4.22. The summed E-state index contributed by atoms with van der Waals surface area (Å²) in [6.07, 6.45) is 9.43. The van der Waals surface area contributed by atoms with E-state index < -0.39 is 0 Å². The number of halogens is 1. The minimum Gasteiger partial charge on any atom is -0.276 e. The number of aromatic nitrogens is 2. The van der Waals surface area contributed by atoms with Crippen molar-refractivity contribution in [1.82, 2.24) is 9.78 Å². The number of nitrogens with zero attached hydrogens (tertiary/aromatic N) is 2. The van der Waals surface area contributed by atoms with Crippen molar-refractivity contribution in [2.45, 2.75) is 36.4 Å². The summed E-state index contributed by atoms with van der Waals surface area (Å²) in [4.78, 5) is 0.714. The van der Waals surface area contributed by atoms with E-state index in [2.05, 4.69) is 27.2 Å². The molecular weight excluding hydrogens is 228 g/mol. The van der Waals surface area contributed by atoms with Crippen LogP contribution in [0.15, 0.2) is 12.4 Å². The van der Waals surface area contributed by atoms with Crippen molar-refractivity contribution in [3.8, 4) is 0 Å². The predicted octanol–water partition coefficient (Wildman–Crippen LogP) is 2.84. The van der Waals surface area contributed by atoms with Crippen LogP contribution in [-0.4, -0.2) is 14.6 Å². The van der Waals surface area contributed by atoms with E-state index in [-0.39, 0.29) is 0 Å². The lowest BCUT2D eigenvalue weighted by molar-refractivity contribution is 0.458. The summed E-state index contributed by atoms with van der Waals surface area (Å²) < 4.78 is 1.90. The molecule has 2 atom stereocenters. The van der Waals surface area contributed by atoms with E-state index in [1.165, 1.54) is 31.2 Å². The van der Waals surface area contributed by atoms with Gasteiger partial charge >= 0.3 is 0 Å². The molecule has 3 heteroatoms. The average Bonchev–Trinajstić information content (AvgIpc) is 2.52. The summed E-state index contributed by atoms with van der Waals surface area (Å²) in [5.74, 6) is 0.729. The fraction of sp³-hybridized carbons (Fsp3) is 0.700. The summed E-state index contributed by atoms with van der Waals surface area (Å²) in [5, 5.41) is 4.22. The Morgan fingerprint density at radius 1 is 1.54 bits per heavy atom. The van der Waals surface area contributed by atoms with Crippen LogP contribution in [0.3, 0.4) is 0 Å². The van der Waals surface area contributed by atoms with Crippen LogP contribution in [0.2, 0.25) is 0 Å². The highest BCUT2D eigenvalue weighted by Gasteiger charge is 2.21. The molecule has 0 aliphatic heterocycles. The number of aryl methyl sites for hydroxylation is 1. The molecule has 0 aromatic carbocycles. The third-order valence-corrected chi connectivity index (χ3v) is 3.64.